The van der Waals surface area contributed by atoms with E-state index in [2.05, 4.69) is 31.6 Å². The van der Waals surface area contributed by atoms with Crippen molar-refractivity contribution in [3.8, 4) is 0 Å². The van der Waals surface area contributed by atoms with Crippen LogP contribution in [0.25, 0.3) is 10.9 Å². The Morgan fingerprint density at radius 2 is 1.52 bits per heavy atom. The molecule has 1 aromatic heterocycles. The number of H-pyrrole nitrogens is 1. The molecular weight excluding hydrogens is 746 g/mol. The first-order valence-corrected chi connectivity index (χ1v) is 19.0. The Kier molecular flexibility index (Phi) is 16.5. The molecule has 308 valence electrons. The van der Waals surface area contributed by atoms with Crippen molar-refractivity contribution >= 4 is 46.4 Å². The van der Waals surface area contributed by atoms with Gasteiger partial charge in [-0.3, -0.25) is 29.4 Å². The fourth-order valence-electron chi connectivity index (χ4n) is 6.26. The summed E-state index contributed by atoms with van der Waals surface area (Å²) in [7, 11) is 0. The molecule has 4 rings (SSSR count). The van der Waals surface area contributed by atoms with Crippen LogP contribution in [0.3, 0.4) is 0 Å². The van der Waals surface area contributed by atoms with Gasteiger partial charge in [0.05, 0.1) is 6.10 Å². The molecule has 0 aliphatic carbocycles. The number of hydrogen-bond donors (Lipinski definition) is 10. The van der Waals surface area contributed by atoms with E-state index in [1.165, 1.54) is 18.2 Å². The lowest BCUT2D eigenvalue weighted by Crippen LogP contribution is -2.54. The van der Waals surface area contributed by atoms with Gasteiger partial charge >= 0.3 is 0 Å². The summed E-state index contributed by atoms with van der Waals surface area (Å²) in [5.41, 5.74) is 13.8. The number of aliphatic hydroxyl groups excluding tert-OH is 1. The highest BCUT2D eigenvalue weighted by atomic mass is 19.1. The molecular formula is C42H52FN9O6. The monoisotopic (exact) mass is 797 g/mol. The molecule has 4 aromatic rings. The van der Waals surface area contributed by atoms with Gasteiger partial charge < -0.3 is 48.1 Å². The molecule has 4 atom stereocenters. The zero-order valence-corrected chi connectivity index (χ0v) is 32.5. The van der Waals surface area contributed by atoms with Crippen molar-refractivity contribution in [1.82, 2.24) is 31.6 Å². The van der Waals surface area contributed by atoms with E-state index in [-0.39, 0.29) is 61.8 Å². The first kappa shape index (κ1) is 44.2. The molecule has 0 fully saturated rings. The van der Waals surface area contributed by atoms with Crippen molar-refractivity contribution < 1.29 is 33.5 Å². The number of rotatable bonds is 21. The Morgan fingerprint density at radius 3 is 2.19 bits per heavy atom. The molecule has 0 unspecified atom stereocenters. The molecule has 0 saturated carbocycles. The van der Waals surface area contributed by atoms with E-state index in [1.54, 1.807) is 30.5 Å². The lowest BCUT2D eigenvalue weighted by molar-refractivity contribution is -0.130. The summed E-state index contributed by atoms with van der Waals surface area (Å²) >= 11 is 0. The SMILES string of the molecule is CC(C)C/C(=C\[C@@H](O)CNC(=O)[C@H](Cc1ccccc1)NC(=O)c1ccc(F)cc1)C(=O)N[C@@H](CCCNC(=N)N)C(=O)N[C@@H](Cc1c[nH]c2ccccc12)C(N)=O. The van der Waals surface area contributed by atoms with Gasteiger partial charge in [0.1, 0.15) is 23.9 Å². The van der Waals surface area contributed by atoms with Gasteiger partial charge in [-0.1, -0.05) is 62.4 Å². The Bertz CT molecular complexity index is 2070. The van der Waals surface area contributed by atoms with Crippen LogP contribution in [0.4, 0.5) is 4.39 Å². The molecule has 0 bridgehead atoms. The third kappa shape index (κ3) is 13.9. The predicted octanol–water partition coefficient (Wildman–Crippen LogP) is 2.06. The van der Waals surface area contributed by atoms with Gasteiger partial charge in [-0.15, -0.1) is 0 Å². The first-order valence-electron chi connectivity index (χ1n) is 19.0. The van der Waals surface area contributed by atoms with E-state index in [1.807, 2.05) is 44.2 Å². The maximum absolute atomic E-state index is 13.8. The van der Waals surface area contributed by atoms with Crippen LogP contribution in [0.2, 0.25) is 0 Å². The fraction of sp³-hybridized carbons (Fsp3) is 0.333. The number of nitrogens with two attached hydrogens (primary N) is 2. The van der Waals surface area contributed by atoms with Crippen LogP contribution in [0, 0.1) is 17.1 Å². The lowest BCUT2D eigenvalue weighted by atomic mass is 9.99. The molecule has 5 amide bonds. The van der Waals surface area contributed by atoms with Crippen molar-refractivity contribution in [2.45, 2.75) is 70.2 Å². The van der Waals surface area contributed by atoms with Gasteiger partial charge in [0.15, 0.2) is 5.96 Å². The van der Waals surface area contributed by atoms with Gasteiger partial charge in [-0.05, 0) is 72.7 Å². The van der Waals surface area contributed by atoms with Crippen molar-refractivity contribution in [1.29, 1.82) is 5.41 Å². The van der Waals surface area contributed by atoms with Gasteiger partial charge in [0.2, 0.25) is 23.6 Å². The van der Waals surface area contributed by atoms with Crippen molar-refractivity contribution in [3.05, 3.63) is 119 Å². The zero-order valence-electron chi connectivity index (χ0n) is 32.5. The molecule has 15 nitrogen and oxygen atoms in total. The van der Waals surface area contributed by atoms with Crippen molar-refractivity contribution in [2.75, 3.05) is 13.1 Å². The summed E-state index contributed by atoms with van der Waals surface area (Å²) in [6, 6.07) is 18.0. The second-order valence-electron chi connectivity index (χ2n) is 14.4. The number of primary amides is 1. The van der Waals surface area contributed by atoms with E-state index in [0.717, 1.165) is 34.2 Å². The molecule has 0 aliphatic rings. The first-order chi connectivity index (χ1) is 27.7. The predicted molar refractivity (Wildman–Crippen MR) is 219 cm³/mol. The van der Waals surface area contributed by atoms with Crippen LogP contribution in [-0.4, -0.2) is 82.9 Å². The Hall–Kier alpha value is -6.55. The number of guanidine groups is 1. The largest absolute Gasteiger partial charge is 0.387 e. The maximum Gasteiger partial charge on any atom is 0.251 e. The number of aromatic nitrogens is 1. The third-order valence-corrected chi connectivity index (χ3v) is 9.18. The minimum absolute atomic E-state index is 0.0572. The highest BCUT2D eigenvalue weighted by Gasteiger charge is 2.28. The number of halogens is 1. The van der Waals surface area contributed by atoms with Crippen molar-refractivity contribution in [3.63, 3.8) is 0 Å². The summed E-state index contributed by atoms with van der Waals surface area (Å²) < 4.78 is 13.5. The van der Waals surface area contributed by atoms with Crippen LogP contribution < -0.4 is 38.1 Å². The highest BCUT2D eigenvalue weighted by Crippen LogP contribution is 2.20. The van der Waals surface area contributed by atoms with E-state index in [0.29, 0.717) is 6.42 Å². The van der Waals surface area contributed by atoms with E-state index < -0.39 is 59.6 Å². The molecule has 3 aromatic carbocycles. The van der Waals surface area contributed by atoms with Crippen LogP contribution in [0.15, 0.2) is 96.7 Å². The average molecular weight is 798 g/mol. The van der Waals surface area contributed by atoms with E-state index in [9.17, 15) is 33.5 Å². The second-order valence-corrected chi connectivity index (χ2v) is 14.4. The van der Waals surface area contributed by atoms with Crippen LogP contribution in [0.5, 0.6) is 0 Å². The number of aromatic amines is 1. The number of amides is 5. The van der Waals surface area contributed by atoms with E-state index >= 15 is 0 Å². The molecule has 58 heavy (non-hydrogen) atoms. The maximum atomic E-state index is 13.8. The van der Waals surface area contributed by atoms with Gasteiger partial charge in [0.25, 0.3) is 5.91 Å². The highest BCUT2D eigenvalue weighted by molar-refractivity contribution is 5.99. The average Bonchev–Trinajstić information content (AvgIpc) is 3.60. The molecule has 16 heteroatoms. The summed E-state index contributed by atoms with van der Waals surface area (Å²) in [6.45, 7) is 3.65. The van der Waals surface area contributed by atoms with Crippen LogP contribution in [0.1, 0.15) is 54.6 Å². The Labute approximate surface area is 336 Å². The zero-order chi connectivity index (χ0) is 42.2. The second kappa shape index (κ2) is 21.7. The number of nitrogens with one attached hydrogen (secondary N) is 7. The van der Waals surface area contributed by atoms with E-state index in [4.69, 9.17) is 16.9 Å². The molecule has 0 saturated heterocycles. The van der Waals surface area contributed by atoms with Gasteiger partial charge in [0, 0.05) is 54.2 Å². The summed E-state index contributed by atoms with van der Waals surface area (Å²) in [5, 5.41) is 32.8. The van der Waals surface area contributed by atoms with Crippen LogP contribution >= 0.6 is 0 Å². The summed E-state index contributed by atoms with van der Waals surface area (Å²) in [4.78, 5) is 69.7. The number of para-hydroxylation sites is 1. The number of hydrogen-bond acceptors (Lipinski definition) is 7. The standard InChI is InChI=1S/C42H52FN9O6/c1-25(2)19-28(21-31(53)24-49-40(57)36(20-26-9-4-3-5-10-26)52-38(55)27-14-16-30(43)17-15-27)39(56)50-34(13-8-18-47-42(45)46)41(58)51-35(37(44)54)22-29-23-48-33-12-7-6-11-32(29)33/h3-7,9-12,14-17,21,23,25,31,34-36,48,53H,8,13,18-20,22,24H2,1-2H3,(H2,44,54)(H,49,57)(H,50,56)(H,51,58)(H,52,55)(H4,45,46,47)/b28-21+/t31-,34+,35+,36+/m1/s1. The fourth-order valence-corrected chi connectivity index (χ4v) is 6.26. The summed E-state index contributed by atoms with van der Waals surface area (Å²) in [6.07, 6.45) is 2.50. The van der Waals surface area contributed by atoms with Crippen LogP contribution in [-0.2, 0) is 32.0 Å². The van der Waals surface area contributed by atoms with Gasteiger partial charge in [-0.25, -0.2) is 4.39 Å². The van der Waals surface area contributed by atoms with Crippen molar-refractivity contribution in [2.24, 2.45) is 17.4 Å². The lowest BCUT2D eigenvalue weighted by Gasteiger charge is -2.23. The normalized spacial score (nSPS) is 13.5. The number of aliphatic hydroxyl groups is 1. The quantitative estimate of drug-likeness (QED) is 0.0258. The molecule has 0 aliphatic heterocycles. The molecule has 12 N–H and O–H groups in total. The number of carbonyl (C=O) groups excluding carboxylic acids is 5. The number of fused-ring (bicyclic) bond motifs is 1. The Balaban J connectivity index is 1.47. The minimum atomic E-state index is -1.35. The molecule has 1 heterocycles. The summed E-state index contributed by atoms with van der Waals surface area (Å²) in [5.74, 6) is -4.12. The van der Waals surface area contributed by atoms with Gasteiger partial charge in [-0.2, -0.15) is 0 Å². The number of benzene rings is 3. The Morgan fingerprint density at radius 1 is 0.828 bits per heavy atom. The molecule has 0 radical (unpaired) electrons. The molecule has 0 spiro atoms. The number of carbonyl (C=O) groups is 5. The minimum Gasteiger partial charge on any atom is -0.387 e. The third-order valence-electron chi connectivity index (χ3n) is 9.18. The topological polar surface area (TPSA) is 257 Å². The smallest absolute Gasteiger partial charge is 0.251 e.